The molecule has 3 amide bonds. The van der Waals surface area contributed by atoms with Crippen LogP contribution >= 0.6 is 12.4 Å². The Morgan fingerprint density at radius 2 is 2.00 bits per heavy atom. The van der Waals surface area contributed by atoms with Crippen LogP contribution in [0.1, 0.15) is 33.6 Å². The molecule has 9 heteroatoms. The van der Waals surface area contributed by atoms with Crippen molar-refractivity contribution in [2.24, 2.45) is 11.7 Å². The van der Waals surface area contributed by atoms with Crippen LogP contribution < -0.4 is 11.1 Å². The third-order valence-corrected chi connectivity index (χ3v) is 3.44. The summed E-state index contributed by atoms with van der Waals surface area (Å²) in [6, 6.07) is -1.58. The summed E-state index contributed by atoms with van der Waals surface area (Å²) in [5.41, 5.74) is 5.73. The molecule has 0 aromatic rings. The van der Waals surface area contributed by atoms with E-state index < -0.39 is 42.3 Å². The molecule has 1 rings (SSSR count). The third-order valence-electron chi connectivity index (χ3n) is 3.44. The number of hydrogen-bond acceptors (Lipinski definition) is 6. The second-order valence-electron chi connectivity index (χ2n) is 5.49. The molecule has 1 saturated heterocycles. The van der Waals surface area contributed by atoms with Crippen LogP contribution in [0.3, 0.4) is 0 Å². The smallest absolute Gasteiger partial charge is 0.326 e. The number of nitrogens with zero attached hydrogens (tertiary/aromatic N) is 1. The molecule has 0 spiro atoms. The lowest BCUT2D eigenvalue weighted by Crippen LogP contribution is -2.58. The molecule has 0 bridgehead atoms. The molecule has 2 atom stereocenters. The first kappa shape index (κ1) is 21.3. The summed E-state index contributed by atoms with van der Waals surface area (Å²) in [7, 11) is 0. The fourth-order valence-electron chi connectivity index (χ4n) is 2.04. The SMILES string of the molecule is CCOC(=O)CN1C(=O)CC[C@H](NC(=O)[C@@H](N)C(C)C)C1=O.Cl. The van der Waals surface area contributed by atoms with Gasteiger partial charge in [0.15, 0.2) is 0 Å². The first-order valence-corrected chi connectivity index (χ1v) is 7.33. The molecule has 1 fully saturated rings. The highest BCUT2D eigenvalue weighted by molar-refractivity contribution is 6.04. The van der Waals surface area contributed by atoms with E-state index in [1.165, 1.54) is 0 Å². The minimum absolute atomic E-state index is 0. The average molecular weight is 350 g/mol. The van der Waals surface area contributed by atoms with Crippen LogP contribution in [0.4, 0.5) is 0 Å². The van der Waals surface area contributed by atoms with E-state index in [2.05, 4.69) is 5.32 Å². The average Bonchev–Trinajstić information content (AvgIpc) is 2.45. The minimum Gasteiger partial charge on any atom is -0.465 e. The Morgan fingerprint density at radius 3 is 2.52 bits per heavy atom. The van der Waals surface area contributed by atoms with Gasteiger partial charge in [-0.15, -0.1) is 12.4 Å². The van der Waals surface area contributed by atoms with E-state index >= 15 is 0 Å². The molecule has 1 aliphatic heterocycles. The number of nitrogens with one attached hydrogen (secondary N) is 1. The molecule has 1 aliphatic rings. The van der Waals surface area contributed by atoms with Gasteiger partial charge in [-0.3, -0.25) is 24.1 Å². The monoisotopic (exact) mass is 349 g/mol. The lowest BCUT2D eigenvalue weighted by atomic mass is 10.0. The second kappa shape index (κ2) is 9.46. The first-order chi connectivity index (χ1) is 10.3. The van der Waals surface area contributed by atoms with Crippen molar-refractivity contribution in [3.63, 3.8) is 0 Å². The number of esters is 1. The van der Waals surface area contributed by atoms with E-state index in [9.17, 15) is 19.2 Å². The molecule has 8 nitrogen and oxygen atoms in total. The van der Waals surface area contributed by atoms with Gasteiger partial charge in [-0.25, -0.2) is 0 Å². The van der Waals surface area contributed by atoms with Crippen LogP contribution in [0.2, 0.25) is 0 Å². The Balaban J connectivity index is 0.00000484. The molecule has 0 unspecified atom stereocenters. The molecule has 0 aromatic carbocycles. The van der Waals surface area contributed by atoms with Crippen molar-refractivity contribution >= 4 is 36.1 Å². The van der Waals surface area contributed by atoms with Crippen molar-refractivity contribution in [3.05, 3.63) is 0 Å². The summed E-state index contributed by atoms with van der Waals surface area (Å²) in [6.07, 6.45) is 0.278. The van der Waals surface area contributed by atoms with E-state index in [1.54, 1.807) is 20.8 Å². The van der Waals surface area contributed by atoms with Crippen molar-refractivity contribution in [1.29, 1.82) is 0 Å². The minimum atomic E-state index is -0.843. The standard InChI is InChI=1S/C14H23N3O5.ClH/c1-4-22-11(19)7-17-10(18)6-5-9(14(17)21)16-13(20)12(15)8(2)3;/h8-9,12H,4-7,15H2,1-3H3,(H,16,20);1H/t9-,12-;/m0./s1. The highest BCUT2D eigenvalue weighted by Gasteiger charge is 2.37. The van der Waals surface area contributed by atoms with Crippen LogP contribution in [0.25, 0.3) is 0 Å². The van der Waals surface area contributed by atoms with Crippen molar-refractivity contribution in [2.45, 2.75) is 45.7 Å². The molecule has 3 N–H and O–H groups in total. The molecule has 0 aromatic heterocycles. The maximum Gasteiger partial charge on any atom is 0.326 e. The van der Waals surface area contributed by atoms with Crippen LogP contribution in [0.15, 0.2) is 0 Å². The van der Waals surface area contributed by atoms with Crippen LogP contribution in [0, 0.1) is 5.92 Å². The third kappa shape index (κ3) is 5.80. The summed E-state index contributed by atoms with van der Waals surface area (Å²) in [4.78, 5) is 48.2. The highest BCUT2D eigenvalue weighted by atomic mass is 35.5. The number of amides is 3. The summed E-state index contributed by atoms with van der Waals surface area (Å²) < 4.78 is 4.73. The van der Waals surface area contributed by atoms with Gasteiger partial charge < -0.3 is 15.8 Å². The topological polar surface area (TPSA) is 119 Å². The summed E-state index contributed by atoms with van der Waals surface area (Å²) in [5.74, 6) is -2.23. The van der Waals surface area contributed by atoms with Gasteiger partial charge in [0.25, 0.3) is 5.91 Å². The molecular formula is C14H24ClN3O5. The number of halogens is 1. The van der Waals surface area contributed by atoms with Crippen molar-refractivity contribution in [2.75, 3.05) is 13.2 Å². The summed E-state index contributed by atoms with van der Waals surface area (Å²) >= 11 is 0. The van der Waals surface area contributed by atoms with Gasteiger partial charge in [-0.2, -0.15) is 0 Å². The molecule has 23 heavy (non-hydrogen) atoms. The second-order valence-corrected chi connectivity index (χ2v) is 5.49. The number of piperidine rings is 1. The van der Waals surface area contributed by atoms with Gasteiger partial charge in [-0.05, 0) is 19.3 Å². The van der Waals surface area contributed by atoms with Crippen molar-refractivity contribution < 1.29 is 23.9 Å². The Hall–Kier alpha value is -1.67. The number of ether oxygens (including phenoxy) is 1. The van der Waals surface area contributed by atoms with E-state index in [0.29, 0.717) is 0 Å². The van der Waals surface area contributed by atoms with E-state index in [-0.39, 0.29) is 37.8 Å². The Kier molecular flexibility index (Phi) is 8.78. The van der Waals surface area contributed by atoms with Gasteiger partial charge in [-0.1, -0.05) is 13.8 Å². The van der Waals surface area contributed by atoms with Crippen molar-refractivity contribution in [3.8, 4) is 0 Å². The van der Waals surface area contributed by atoms with Gasteiger partial charge in [0, 0.05) is 6.42 Å². The van der Waals surface area contributed by atoms with Crippen LogP contribution in [-0.2, 0) is 23.9 Å². The van der Waals surface area contributed by atoms with Gasteiger partial charge >= 0.3 is 5.97 Å². The largest absolute Gasteiger partial charge is 0.465 e. The Morgan fingerprint density at radius 1 is 1.39 bits per heavy atom. The van der Waals surface area contributed by atoms with Gasteiger partial charge in [0.05, 0.1) is 12.6 Å². The van der Waals surface area contributed by atoms with Crippen LogP contribution in [0.5, 0.6) is 0 Å². The summed E-state index contributed by atoms with van der Waals surface area (Å²) in [6.45, 7) is 4.95. The Bertz CT molecular complexity index is 469. The zero-order valence-electron chi connectivity index (χ0n) is 13.5. The number of likely N-dealkylation sites (tertiary alicyclic amines) is 1. The predicted molar refractivity (Wildman–Crippen MR) is 84.6 cm³/mol. The maximum absolute atomic E-state index is 12.2. The number of hydrogen-bond donors (Lipinski definition) is 2. The first-order valence-electron chi connectivity index (χ1n) is 7.33. The quantitative estimate of drug-likeness (QED) is 0.497. The predicted octanol–water partition coefficient (Wildman–Crippen LogP) is -0.412. The fraction of sp³-hybridized carbons (Fsp3) is 0.714. The van der Waals surface area contributed by atoms with Crippen molar-refractivity contribution in [1.82, 2.24) is 10.2 Å². The number of nitrogens with two attached hydrogens (primary N) is 1. The molecule has 0 saturated carbocycles. The normalized spacial score (nSPS) is 19.2. The molecule has 0 radical (unpaired) electrons. The number of carbonyl (C=O) groups is 4. The Labute approximate surface area is 141 Å². The number of carbonyl (C=O) groups excluding carboxylic acids is 4. The van der Waals surface area contributed by atoms with Gasteiger partial charge in [0.1, 0.15) is 12.6 Å². The molecule has 1 heterocycles. The maximum atomic E-state index is 12.2. The summed E-state index contributed by atoms with van der Waals surface area (Å²) in [5, 5.41) is 2.55. The number of rotatable bonds is 6. The lowest BCUT2D eigenvalue weighted by molar-refractivity contribution is -0.159. The lowest BCUT2D eigenvalue weighted by Gasteiger charge is -2.31. The van der Waals surface area contributed by atoms with E-state index in [1.807, 2.05) is 0 Å². The molecular weight excluding hydrogens is 326 g/mol. The van der Waals surface area contributed by atoms with E-state index in [4.69, 9.17) is 10.5 Å². The molecule has 0 aliphatic carbocycles. The van der Waals surface area contributed by atoms with Gasteiger partial charge in [0.2, 0.25) is 11.8 Å². The fourth-order valence-corrected chi connectivity index (χ4v) is 2.04. The zero-order chi connectivity index (χ0) is 16.9. The highest BCUT2D eigenvalue weighted by Crippen LogP contribution is 2.14. The van der Waals surface area contributed by atoms with E-state index in [0.717, 1.165) is 4.90 Å². The zero-order valence-corrected chi connectivity index (χ0v) is 14.4. The van der Waals surface area contributed by atoms with Crippen LogP contribution in [-0.4, -0.2) is 53.8 Å². The molecule has 132 valence electrons. The number of imide groups is 1.